The first-order valence-corrected chi connectivity index (χ1v) is 9.30. The summed E-state index contributed by atoms with van der Waals surface area (Å²) in [6.45, 7) is 0. The van der Waals surface area contributed by atoms with E-state index in [9.17, 15) is 9.59 Å². The molecule has 1 aliphatic carbocycles. The normalized spacial score (nSPS) is 14.7. The molecular weight excluding hydrogens is 340 g/mol. The molecule has 27 heavy (non-hydrogen) atoms. The highest BCUT2D eigenvalue weighted by Crippen LogP contribution is 2.24. The van der Waals surface area contributed by atoms with Gasteiger partial charge in [0, 0.05) is 35.1 Å². The average molecular weight is 362 g/mol. The van der Waals surface area contributed by atoms with Crippen LogP contribution in [0.1, 0.15) is 36.5 Å². The Morgan fingerprint density at radius 1 is 1.07 bits per heavy atom. The second kappa shape index (κ2) is 7.66. The topological polar surface area (TPSA) is 71.2 Å². The third kappa shape index (κ3) is 4.19. The molecule has 1 saturated carbocycles. The van der Waals surface area contributed by atoms with Gasteiger partial charge in [0.2, 0.25) is 6.10 Å². The van der Waals surface area contributed by atoms with Gasteiger partial charge in [-0.25, -0.2) is 0 Å². The van der Waals surface area contributed by atoms with Gasteiger partial charge < -0.3 is 15.0 Å². The number of aromatic nitrogens is 1. The number of hydrogen-bond donors (Lipinski definition) is 2. The Hall–Kier alpha value is -3.08. The van der Waals surface area contributed by atoms with Crippen LogP contribution < -0.4 is 5.32 Å². The lowest BCUT2D eigenvalue weighted by atomic mass is 10.1. The molecule has 1 aromatic heterocycles. The largest absolute Gasteiger partial charge is 0.447 e. The molecule has 1 fully saturated rings. The number of esters is 1. The van der Waals surface area contributed by atoms with Crippen LogP contribution in [0.2, 0.25) is 0 Å². The zero-order valence-corrected chi connectivity index (χ0v) is 15.0. The standard InChI is InChI=1S/C22H22N2O3/c25-20(13-10-16-14-23-19-9-5-4-8-18(16)19)27-21(15-6-2-1-3-7-15)22(26)24-17-11-12-17/h1-9,14,17,21,23H,10-13H2,(H,24,26)/t21-/m1/s1. The van der Waals surface area contributed by atoms with Crippen molar-refractivity contribution < 1.29 is 14.3 Å². The molecule has 5 heteroatoms. The molecule has 0 saturated heterocycles. The summed E-state index contributed by atoms with van der Waals surface area (Å²) in [6, 6.07) is 17.4. The van der Waals surface area contributed by atoms with E-state index >= 15 is 0 Å². The van der Waals surface area contributed by atoms with Gasteiger partial charge in [-0.15, -0.1) is 0 Å². The molecule has 2 N–H and O–H groups in total. The fraction of sp³-hybridized carbons (Fsp3) is 0.273. The van der Waals surface area contributed by atoms with E-state index in [1.807, 2.05) is 60.8 Å². The maximum absolute atomic E-state index is 12.5. The fourth-order valence-corrected chi connectivity index (χ4v) is 3.17. The number of amides is 1. The molecule has 0 spiro atoms. The number of fused-ring (bicyclic) bond motifs is 1. The van der Waals surface area contributed by atoms with Crippen molar-refractivity contribution in [2.24, 2.45) is 0 Å². The van der Waals surface area contributed by atoms with E-state index in [-0.39, 0.29) is 24.3 Å². The number of nitrogens with one attached hydrogen (secondary N) is 2. The van der Waals surface area contributed by atoms with E-state index in [1.165, 1.54) is 0 Å². The molecule has 1 heterocycles. The highest BCUT2D eigenvalue weighted by Gasteiger charge is 2.30. The van der Waals surface area contributed by atoms with Crippen molar-refractivity contribution in [3.8, 4) is 0 Å². The Bertz CT molecular complexity index is 944. The van der Waals surface area contributed by atoms with Crippen LogP contribution in [-0.4, -0.2) is 22.9 Å². The number of benzene rings is 2. The van der Waals surface area contributed by atoms with Crippen LogP contribution in [0.25, 0.3) is 10.9 Å². The minimum absolute atomic E-state index is 0.216. The smallest absolute Gasteiger partial charge is 0.307 e. The molecule has 5 nitrogen and oxygen atoms in total. The van der Waals surface area contributed by atoms with E-state index in [2.05, 4.69) is 10.3 Å². The van der Waals surface area contributed by atoms with E-state index in [4.69, 9.17) is 4.74 Å². The summed E-state index contributed by atoms with van der Waals surface area (Å²) in [5.41, 5.74) is 2.81. The number of carbonyl (C=O) groups is 2. The molecule has 0 unspecified atom stereocenters. The molecule has 3 aromatic rings. The van der Waals surface area contributed by atoms with Crippen molar-refractivity contribution in [2.45, 2.75) is 37.8 Å². The summed E-state index contributed by atoms with van der Waals surface area (Å²) in [6.07, 6.45) is 3.79. The summed E-state index contributed by atoms with van der Waals surface area (Å²) in [5, 5.41) is 4.04. The summed E-state index contributed by atoms with van der Waals surface area (Å²) in [7, 11) is 0. The predicted molar refractivity (Wildman–Crippen MR) is 103 cm³/mol. The van der Waals surface area contributed by atoms with E-state index in [1.54, 1.807) is 0 Å². The van der Waals surface area contributed by atoms with E-state index in [0.29, 0.717) is 12.0 Å². The van der Waals surface area contributed by atoms with Gasteiger partial charge in [-0.05, 0) is 30.9 Å². The first kappa shape index (κ1) is 17.3. The number of ether oxygens (including phenoxy) is 1. The zero-order valence-electron chi connectivity index (χ0n) is 15.0. The second-order valence-electron chi connectivity index (χ2n) is 6.92. The SMILES string of the molecule is O=C(CCc1c[nH]c2ccccc12)O[C@@H](C(=O)NC1CC1)c1ccccc1. The molecule has 1 atom stereocenters. The van der Waals surface area contributed by atoms with Crippen molar-refractivity contribution in [3.63, 3.8) is 0 Å². The Morgan fingerprint density at radius 2 is 1.81 bits per heavy atom. The van der Waals surface area contributed by atoms with Crippen LogP contribution >= 0.6 is 0 Å². The highest BCUT2D eigenvalue weighted by atomic mass is 16.5. The summed E-state index contributed by atoms with van der Waals surface area (Å²) in [5.74, 6) is -0.621. The maximum Gasteiger partial charge on any atom is 0.307 e. The lowest BCUT2D eigenvalue weighted by Crippen LogP contribution is -2.33. The first-order chi connectivity index (χ1) is 13.2. The van der Waals surface area contributed by atoms with Crippen LogP contribution in [0.4, 0.5) is 0 Å². The number of aryl methyl sites for hydroxylation is 1. The van der Waals surface area contributed by atoms with Gasteiger partial charge in [-0.3, -0.25) is 9.59 Å². The van der Waals surface area contributed by atoms with Gasteiger partial charge >= 0.3 is 5.97 Å². The average Bonchev–Trinajstić information content (AvgIpc) is 3.41. The maximum atomic E-state index is 12.5. The van der Waals surface area contributed by atoms with E-state index in [0.717, 1.165) is 29.3 Å². The van der Waals surface area contributed by atoms with Crippen molar-refractivity contribution in [1.82, 2.24) is 10.3 Å². The monoisotopic (exact) mass is 362 g/mol. The van der Waals surface area contributed by atoms with Crippen molar-refractivity contribution in [1.29, 1.82) is 0 Å². The zero-order chi connectivity index (χ0) is 18.6. The Kier molecular flexibility index (Phi) is 4.92. The minimum atomic E-state index is -0.901. The fourth-order valence-electron chi connectivity index (χ4n) is 3.17. The molecule has 0 aliphatic heterocycles. The lowest BCUT2D eigenvalue weighted by Gasteiger charge is -2.18. The molecule has 2 aromatic carbocycles. The van der Waals surface area contributed by atoms with Crippen LogP contribution in [-0.2, 0) is 20.7 Å². The number of rotatable bonds is 7. The van der Waals surface area contributed by atoms with Gasteiger partial charge in [-0.1, -0.05) is 48.5 Å². The van der Waals surface area contributed by atoms with Crippen molar-refractivity contribution in [2.75, 3.05) is 0 Å². The van der Waals surface area contributed by atoms with Crippen LogP contribution in [0.15, 0.2) is 60.8 Å². The van der Waals surface area contributed by atoms with Gasteiger partial charge in [0.05, 0.1) is 0 Å². The predicted octanol–water partition coefficient (Wildman–Crippen LogP) is 3.66. The van der Waals surface area contributed by atoms with Gasteiger partial charge in [0.15, 0.2) is 0 Å². The van der Waals surface area contributed by atoms with Crippen molar-refractivity contribution in [3.05, 3.63) is 71.9 Å². The third-order valence-corrected chi connectivity index (χ3v) is 4.79. The molecule has 0 radical (unpaired) electrons. The second-order valence-corrected chi connectivity index (χ2v) is 6.92. The quantitative estimate of drug-likeness (QED) is 0.630. The van der Waals surface area contributed by atoms with E-state index < -0.39 is 6.10 Å². The van der Waals surface area contributed by atoms with Gasteiger partial charge in [0.1, 0.15) is 0 Å². The minimum Gasteiger partial charge on any atom is -0.447 e. The third-order valence-electron chi connectivity index (χ3n) is 4.79. The van der Waals surface area contributed by atoms with Crippen LogP contribution in [0, 0.1) is 0 Å². The lowest BCUT2D eigenvalue weighted by molar-refractivity contribution is -0.156. The number of para-hydroxylation sites is 1. The molecule has 4 rings (SSSR count). The Morgan fingerprint density at radius 3 is 2.59 bits per heavy atom. The molecular formula is C22H22N2O3. The molecule has 0 bridgehead atoms. The number of carbonyl (C=O) groups excluding carboxylic acids is 2. The highest BCUT2D eigenvalue weighted by molar-refractivity contribution is 5.86. The van der Waals surface area contributed by atoms with Crippen LogP contribution in [0.3, 0.4) is 0 Å². The summed E-state index contributed by atoms with van der Waals surface area (Å²) < 4.78 is 5.58. The van der Waals surface area contributed by atoms with Gasteiger partial charge in [0.25, 0.3) is 5.91 Å². The molecule has 1 aliphatic rings. The molecule has 138 valence electrons. The van der Waals surface area contributed by atoms with Crippen molar-refractivity contribution >= 4 is 22.8 Å². The Balaban J connectivity index is 1.42. The van der Waals surface area contributed by atoms with Crippen LogP contribution in [0.5, 0.6) is 0 Å². The Labute approximate surface area is 157 Å². The summed E-state index contributed by atoms with van der Waals surface area (Å²) in [4.78, 5) is 28.2. The number of H-pyrrole nitrogens is 1. The first-order valence-electron chi connectivity index (χ1n) is 9.30. The van der Waals surface area contributed by atoms with Gasteiger partial charge in [-0.2, -0.15) is 0 Å². The number of aromatic amines is 1. The number of hydrogen-bond acceptors (Lipinski definition) is 3. The summed E-state index contributed by atoms with van der Waals surface area (Å²) >= 11 is 0. The molecule has 1 amide bonds.